The van der Waals surface area contributed by atoms with E-state index in [1.54, 1.807) is 38.1 Å². The summed E-state index contributed by atoms with van der Waals surface area (Å²) in [6, 6.07) is 8.69. The zero-order chi connectivity index (χ0) is 15.9. The van der Waals surface area contributed by atoms with E-state index in [2.05, 4.69) is 4.74 Å². The number of hydrogen-bond acceptors (Lipinski definition) is 6. The van der Waals surface area contributed by atoms with Crippen molar-refractivity contribution in [2.75, 3.05) is 13.7 Å². The van der Waals surface area contributed by atoms with Crippen molar-refractivity contribution in [3.8, 4) is 11.8 Å². The lowest BCUT2D eigenvalue weighted by atomic mass is 10.1. The van der Waals surface area contributed by atoms with Crippen LogP contribution in [-0.4, -0.2) is 31.3 Å². The largest absolute Gasteiger partial charge is 0.493 e. The summed E-state index contributed by atoms with van der Waals surface area (Å²) in [7, 11) is 1.12. The van der Waals surface area contributed by atoms with Crippen LogP contribution in [0.15, 0.2) is 24.3 Å². The molecule has 0 saturated carbocycles. The van der Waals surface area contributed by atoms with E-state index >= 15 is 0 Å². The SMILES string of the molecule is COC(=O)C(=O)OC(C)(C)CCOc1ccc(C#N)cc1. The van der Waals surface area contributed by atoms with E-state index in [1.165, 1.54) is 0 Å². The predicted molar refractivity (Wildman–Crippen MR) is 73.5 cm³/mol. The van der Waals surface area contributed by atoms with Gasteiger partial charge in [0, 0.05) is 6.42 Å². The third kappa shape index (κ3) is 5.53. The minimum Gasteiger partial charge on any atom is -0.493 e. The maximum atomic E-state index is 11.3. The van der Waals surface area contributed by atoms with Crippen molar-refractivity contribution in [2.24, 2.45) is 0 Å². The average molecular weight is 291 g/mol. The first-order chi connectivity index (χ1) is 9.88. The molecule has 0 aliphatic rings. The fraction of sp³-hybridized carbons (Fsp3) is 0.400. The number of esters is 2. The molecule has 0 spiro atoms. The number of benzene rings is 1. The van der Waals surface area contributed by atoms with Crippen LogP contribution in [0.4, 0.5) is 0 Å². The van der Waals surface area contributed by atoms with Crippen LogP contribution in [0.25, 0.3) is 0 Å². The van der Waals surface area contributed by atoms with Crippen LogP contribution in [0.1, 0.15) is 25.8 Å². The fourth-order valence-corrected chi connectivity index (χ4v) is 1.47. The van der Waals surface area contributed by atoms with Gasteiger partial charge in [-0.3, -0.25) is 0 Å². The van der Waals surface area contributed by atoms with E-state index in [1.807, 2.05) is 6.07 Å². The topological polar surface area (TPSA) is 85.6 Å². The number of nitrogens with zero attached hydrogens (tertiary/aromatic N) is 1. The van der Waals surface area contributed by atoms with Gasteiger partial charge in [0.15, 0.2) is 0 Å². The predicted octanol–water partition coefficient (Wildman–Crippen LogP) is 1.82. The Morgan fingerprint density at radius 3 is 2.33 bits per heavy atom. The molecule has 1 rings (SSSR count). The van der Waals surface area contributed by atoms with Gasteiger partial charge in [0.2, 0.25) is 0 Å². The Morgan fingerprint density at radius 2 is 1.81 bits per heavy atom. The average Bonchev–Trinajstić information content (AvgIpc) is 2.46. The van der Waals surface area contributed by atoms with Crippen molar-refractivity contribution < 1.29 is 23.8 Å². The Balaban J connectivity index is 2.44. The van der Waals surface area contributed by atoms with Gasteiger partial charge in [-0.15, -0.1) is 0 Å². The van der Waals surface area contributed by atoms with Crippen LogP contribution >= 0.6 is 0 Å². The molecule has 0 N–H and O–H groups in total. The molecule has 21 heavy (non-hydrogen) atoms. The maximum absolute atomic E-state index is 11.3. The van der Waals surface area contributed by atoms with Crippen molar-refractivity contribution in [1.82, 2.24) is 0 Å². The smallest absolute Gasteiger partial charge is 0.417 e. The highest BCUT2D eigenvalue weighted by atomic mass is 16.6. The molecule has 0 aliphatic carbocycles. The fourth-order valence-electron chi connectivity index (χ4n) is 1.47. The van der Waals surface area contributed by atoms with Gasteiger partial charge in [0.25, 0.3) is 0 Å². The highest BCUT2D eigenvalue weighted by Gasteiger charge is 2.27. The minimum absolute atomic E-state index is 0.299. The highest BCUT2D eigenvalue weighted by molar-refractivity contribution is 6.29. The number of carbonyl (C=O) groups excluding carboxylic acids is 2. The molecule has 0 fully saturated rings. The summed E-state index contributed by atoms with van der Waals surface area (Å²) in [5.41, 5.74) is -0.299. The lowest BCUT2D eigenvalue weighted by Crippen LogP contribution is -2.33. The summed E-state index contributed by atoms with van der Waals surface area (Å²) in [6.45, 7) is 3.65. The number of carbonyl (C=O) groups is 2. The van der Waals surface area contributed by atoms with Gasteiger partial charge in [-0.05, 0) is 38.1 Å². The molecule has 0 heterocycles. The molecule has 0 saturated heterocycles. The Hall–Kier alpha value is -2.55. The van der Waals surface area contributed by atoms with Crippen LogP contribution in [-0.2, 0) is 19.1 Å². The van der Waals surface area contributed by atoms with Gasteiger partial charge in [-0.1, -0.05) is 0 Å². The van der Waals surface area contributed by atoms with Gasteiger partial charge < -0.3 is 14.2 Å². The quantitative estimate of drug-likeness (QED) is 0.607. The maximum Gasteiger partial charge on any atom is 0.417 e. The van der Waals surface area contributed by atoms with Crippen molar-refractivity contribution in [3.05, 3.63) is 29.8 Å². The Kier molecular flexibility index (Phi) is 5.73. The lowest BCUT2D eigenvalue weighted by molar-refractivity contribution is -0.174. The first-order valence-corrected chi connectivity index (χ1v) is 6.32. The summed E-state index contributed by atoms with van der Waals surface area (Å²) >= 11 is 0. The Labute approximate surface area is 123 Å². The molecular formula is C15H17NO5. The third-order valence-corrected chi connectivity index (χ3v) is 2.68. The van der Waals surface area contributed by atoms with E-state index < -0.39 is 17.5 Å². The summed E-state index contributed by atoms with van der Waals surface area (Å²) in [6.07, 6.45) is 0.399. The van der Waals surface area contributed by atoms with E-state index in [9.17, 15) is 9.59 Å². The molecule has 1 aromatic carbocycles. The van der Waals surface area contributed by atoms with E-state index in [4.69, 9.17) is 14.7 Å². The van der Waals surface area contributed by atoms with Gasteiger partial charge in [-0.2, -0.15) is 5.26 Å². The van der Waals surface area contributed by atoms with Gasteiger partial charge in [0.1, 0.15) is 11.4 Å². The molecule has 6 heteroatoms. The number of methoxy groups -OCH3 is 1. The molecular weight excluding hydrogens is 274 g/mol. The molecule has 6 nitrogen and oxygen atoms in total. The second kappa shape index (κ2) is 7.29. The second-order valence-electron chi connectivity index (χ2n) is 4.88. The molecule has 0 aromatic heterocycles. The molecule has 0 bridgehead atoms. The minimum atomic E-state index is -1.03. The van der Waals surface area contributed by atoms with Crippen LogP contribution in [0, 0.1) is 11.3 Å². The molecule has 0 unspecified atom stereocenters. The Morgan fingerprint density at radius 1 is 1.19 bits per heavy atom. The van der Waals surface area contributed by atoms with Crippen LogP contribution < -0.4 is 4.74 Å². The van der Waals surface area contributed by atoms with Crippen molar-refractivity contribution >= 4 is 11.9 Å². The number of nitriles is 1. The van der Waals surface area contributed by atoms with E-state index in [0.29, 0.717) is 24.3 Å². The van der Waals surface area contributed by atoms with Crippen LogP contribution in [0.2, 0.25) is 0 Å². The standard InChI is InChI=1S/C15H17NO5/c1-15(2,21-14(18)13(17)19-3)8-9-20-12-6-4-11(10-16)5-7-12/h4-7H,8-9H2,1-3H3. The first kappa shape index (κ1) is 16.5. The summed E-state index contributed by atoms with van der Waals surface area (Å²) < 4.78 is 14.8. The van der Waals surface area contributed by atoms with Gasteiger partial charge in [0.05, 0.1) is 25.3 Å². The lowest BCUT2D eigenvalue weighted by Gasteiger charge is -2.24. The van der Waals surface area contributed by atoms with E-state index in [0.717, 1.165) is 7.11 Å². The molecule has 0 amide bonds. The van der Waals surface area contributed by atoms with Gasteiger partial charge in [-0.25, -0.2) is 9.59 Å². The number of hydrogen-bond donors (Lipinski definition) is 0. The van der Waals surface area contributed by atoms with Crippen LogP contribution in [0.5, 0.6) is 5.75 Å². The second-order valence-corrected chi connectivity index (χ2v) is 4.88. The highest BCUT2D eigenvalue weighted by Crippen LogP contribution is 2.17. The molecule has 112 valence electrons. The zero-order valence-corrected chi connectivity index (χ0v) is 12.2. The molecule has 0 radical (unpaired) electrons. The summed E-state index contributed by atoms with van der Waals surface area (Å²) in [5, 5.41) is 8.68. The molecule has 0 atom stereocenters. The third-order valence-electron chi connectivity index (χ3n) is 2.68. The first-order valence-electron chi connectivity index (χ1n) is 6.32. The van der Waals surface area contributed by atoms with Gasteiger partial charge >= 0.3 is 11.9 Å². The van der Waals surface area contributed by atoms with Crippen molar-refractivity contribution in [3.63, 3.8) is 0 Å². The monoisotopic (exact) mass is 291 g/mol. The zero-order valence-electron chi connectivity index (χ0n) is 12.2. The van der Waals surface area contributed by atoms with Crippen molar-refractivity contribution in [1.29, 1.82) is 5.26 Å². The Bertz CT molecular complexity index is 542. The van der Waals surface area contributed by atoms with Crippen LogP contribution in [0.3, 0.4) is 0 Å². The summed E-state index contributed by atoms with van der Waals surface area (Å²) in [5.74, 6) is -1.44. The number of rotatable bonds is 5. The molecule has 1 aromatic rings. The van der Waals surface area contributed by atoms with Crippen molar-refractivity contribution in [2.45, 2.75) is 25.9 Å². The molecule has 0 aliphatic heterocycles. The normalized spacial score (nSPS) is 10.4. The number of ether oxygens (including phenoxy) is 3. The summed E-state index contributed by atoms with van der Waals surface area (Å²) in [4.78, 5) is 22.3. The van der Waals surface area contributed by atoms with E-state index in [-0.39, 0.29) is 0 Å².